The molecule has 0 spiro atoms. The first kappa shape index (κ1) is 23.1. The van der Waals surface area contributed by atoms with Gasteiger partial charge in [0.1, 0.15) is 12.4 Å². The molecule has 0 radical (unpaired) electrons. The second-order valence-electron chi connectivity index (χ2n) is 7.97. The van der Waals surface area contributed by atoms with Crippen LogP contribution in [0.4, 0.5) is 0 Å². The van der Waals surface area contributed by atoms with Crippen LogP contribution in [0.5, 0.6) is 5.75 Å². The van der Waals surface area contributed by atoms with E-state index >= 15 is 0 Å². The van der Waals surface area contributed by atoms with E-state index in [0.717, 1.165) is 39.1 Å². The van der Waals surface area contributed by atoms with Crippen LogP contribution < -0.4 is 4.74 Å². The molecule has 0 N–H and O–H groups in total. The highest BCUT2D eigenvalue weighted by Crippen LogP contribution is 2.35. The zero-order valence-electron chi connectivity index (χ0n) is 19.3. The van der Waals surface area contributed by atoms with Gasteiger partial charge in [0.15, 0.2) is 0 Å². The molecule has 3 heteroatoms. The molecule has 0 aliphatic rings. The maximum absolute atomic E-state index is 11.4. The number of esters is 1. The Bertz CT molecular complexity index is 1210. The second kappa shape index (κ2) is 11.7. The number of benzene rings is 4. The van der Waals surface area contributed by atoms with E-state index in [1.165, 1.54) is 6.92 Å². The van der Waals surface area contributed by atoms with E-state index < -0.39 is 0 Å². The Morgan fingerprint density at radius 2 is 1.18 bits per heavy atom. The molecule has 170 valence electrons. The summed E-state index contributed by atoms with van der Waals surface area (Å²) in [6.07, 6.45) is 0.611. The van der Waals surface area contributed by atoms with Gasteiger partial charge in [0.25, 0.3) is 0 Å². The largest absolute Gasteiger partial charge is 0.489 e. The van der Waals surface area contributed by atoms with Gasteiger partial charge in [-0.3, -0.25) is 4.79 Å². The Hall–Kier alpha value is -4.11. The fourth-order valence-corrected chi connectivity index (χ4v) is 3.93. The van der Waals surface area contributed by atoms with Crippen molar-refractivity contribution < 1.29 is 14.3 Å². The highest BCUT2D eigenvalue weighted by atomic mass is 16.5. The van der Waals surface area contributed by atoms with Crippen LogP contribution in [-0.4, -0.2) is 12.6 Å². The monoisotopic (exact) mass is 448 g/mol. The maximum atomic E-state index is 11.4. The normalized spacial score (nSPS) is 11.4. The molecule has 4 aromatic rings. The minimum Gasteiger partial charge on any atom is -0.489 e. The summed E-state index contributed by atoms with van der Waals surface area (Å²) in [5.74, 6) is 0.551. The van der Waals surface area contributed by atoms with Crippen molar-refractivity contribution in [2.75, 3.05) is 6.61 Å². The molecule has 0 saturated heterocycles. The first-order valence-electron chi connectivity index (χ1n) is 11.5. The quantitative estimate of drug-likeness (QED) is 0.201. The van der Waals surface area contributed by atoms with Crippen LogP contribution in [0.3, 0.4) is 0 Å². The number of ether oxygens (including phenoxy) is 2. The van der Waals surface area contributed by atoms with Gasteiger partial charge >= 0.3 is 5.97 Å². The Labute approximate surface area is 201 Å². The van der Waals surface area contributed by atoms with E-state index in [1.807, 2.05) is 66.7 Å². The van der Waals surface area contributed by atoms with E-state index in [9.17, 15) is 4.79 Å². The highest BCUT2D eigenvalue weighted by molar-refractivity contribution is 5.98. The van der Waals surface area contributed by atoms with Crippen LogP contribution in [0.25, 0.3) is 11.1 Å². The van der Waals surface area contributed by atoms with Crippen molar-refractivity contribution in [2.24, 2.45) is 0 Å². The summed E-state index contributed by atoms with van der Waals surface area (Å²) < 4.78 is 11.3. The molecule has 0 unspecified atom stereocenters. The number of hydrogen-bond donors (Lipinski definition) is 0. The lowest BCUT2D eigenvalue weighted by Gasteiger charge is -2.18. The fraction of sp³-hybridized carbons (Fsp3) is 0.129. The van der Waals surface area contributed by atoms with Crippen LogP contribution in [0.15, 0.2) is 115 Å². The van der Waals surface area contributed by atoms with Crippen molar-refractivity contribution in [3.63, 3.8) is 0 Å². The average Bonchev–Trinajstić information content (AvgIpc) is 2.89. The molecule has 0 aliphatic carbocycles. The summed E-state index contributed by atoms with van der Waals surface area (Å²) in [6.45, 7) is 2.30. The van der Waals surface area contributed by atoms with E-state index in [0.29, 0.717) is 19.6 Å². The van der Waals surface area contributed by atoms with Crippen molar-refractivity contribution >= 4 is 17.1 Å². The first-order valence-corrected chi connectivity index (χ1v) is 11.5. The predicted molar refractivity (Wildman–Crippen MR) is 137 cm³/mol. The minimum absolute atomic E-state index is 0.270. The summed E-state index contributed by atoms with van der Waals surface area (Å²) in [4.78, 5) is 11.4. The second-order valence-corrected chi connectivity index (χ2v) is 7.97. The van der Waals surface area contributed by atoms with Crippen LogP contribution >= 0.6 is 0 Å². The Morgan fingerprint density at radius 3 is 1.76 bits per heavy atom. The fourth-order valence-electron chi connectivity index (χ4n) is 3.93. The topological polar surface area (TPSA) is 35.5 Å². The Morgan fingerprint density at radius 1 is 0.647 bits per heavy atom. The van der Waals surface area contributed by atoms with Gasteiger partial charge in [-0.15, -0.1) is 0 Å². The highest BCUT2D eigenvalue weighted by Gasteiger charge is 2.15. The zero-order chi connectivity index (χ0) is 23.6. The van der Waals surface area contributed by atoms with Gasteiger partial charge in [-0.2, -0.15) is 0 Å². The molecular formula is C31H28O3. The molecule has 0 saturated carbocycles. The van der Waals surface area contributed by atoms with Crippen molar-refractivity contribution in [1.82, 2.24) is 0 Å². The SMILES string of the molecule is CC(=O)OCCC(=C(c1ccccc1)c1ccc(OCc2ccccc2)cc1)c1ccccc1. The minimum atomic E-state index is -0.270. The van der Waals surface area contributed by atoms with Gasteiger partial charge in [-0.05, 0) is 45.5 Å². The summed E-state index contributed by atoms with van der Waals surface area (Å²) in [7, 11) is 0. The average molecular weight is 449 g/mol. The lowest BCUT2D eigenvalue weighted by atomic mass is 9.88. The van der Waals surface area contributed by atoms with Gasteiger partial charge in [0.2, 0.25) is 0 Å². The number of hydrogen-bond acceptors (Lipinski definition) is 3. The Balaban J connectivity index is 1.70. The third-order valence-corrected chi connectivity index (χ3v) is 5.54. The molecule has 3 nitrogen and oxygen atoms in total. The number of rotatable bonds is 9. The van der Waals surface area contributed by atoms with Crippen LogP contribution in [-0.2, 0) is 16.1 Å². The van der Waals surface area contributed by atoms with E-state index in [2.05, 4.69) is 48.5 Å². The smallest absolute Gasteiger partial charge is 0.302 e. The summed E-state index contributed by atoms with van der Waals surface area (Å²) >= 11 is 0. The first-order chi connectivity index (χ1) is 16.7. The number of carbonyl (C=O) groups is 1. The summed E-state index contributed by atoms with van der Waals surface area (Å²) in [6, 6.07) is 39.0. The molecule has 0 fully saturated rings. The molecule has 4 aromatic carbocycles. The molecule has 0 atom stereocenters. The molecule has 0 amide bonds. The van der Waals surface area contributed by atoms with Crippen molar-refractivity contribution in [1.29, 1.82) is 0 Å². The van der Waals surface area contributed by atoms with Gasteiger partial charge in [0, 0.05) is 13.3 Å². The van der Waals surface area contributed by atoms with Crippen molar-refractivity contribution in [3.8, 4) is 5.75 Å². The summed E-state index contributed by atoms with van der Waals surface area (Å²) in [5.41, 5.74) is 6.69. The predicted octanol–water partition coefficient (Wildman–Crippen LogP) is 7.18. The molecule has 0 heterocycles. The lowest BCUT2D eigenvalue weighted by Crippen LogP contribution is -2.04. The lowest BCUT2D eigenvalue weighted by molar-refractivity contribution is -0.140. The van der Waals surface area contributed by atoms with E-state index in [-0.39, 0.29) is 5.97 Å². The van der Waals surface area contributed by atoms with E-state index in [1.54, 1.807) is 0 Å². The molecule has 0 aliphatic heterocycles. The Kier molecular flexibility index (Phi) is 7.91. The zero-order valence-corrected chi connectivity index (χ0v) is 19.3. The van der Waals surface area contributed by atoms with Crippen LogP contribution in [0, 0.1) is 0 Å². The van der Waals surface area contributed by atoms with Gasteiger partial charge in [-0.1, -0.05) is 103 Å². The van der Waals surface area contributed by atoms with Crippen molar-refractivity contribution in [2.45, 2.75) is 20.0 Å². The standard InChI is InChI=1S/C31H28O3/c1-24(32)33-22-21-30(26-13-7-3-8-14-26)31(27-15-9-4-10-16-27)28-17-19-29(20-18-28)34-23-25-11-5-2-6-12-25/h2-20H,21-23H2,1H3. The van der Waals surface area contributed by atoms with Crippen LogP contribution in [0.2, 0.25) is 0 Å². The maximum Gasteiger partial charge on any atom is 0.302 e. The van der Waals surface area contributed by atoms with Crippen LogP contribution in [0.1, 0.15) is 35.6 Å². The molecule has 4 rings (SSSR count). The molecule has 34 heavy (non-hydrogen) atoms. The third-order valence-electron chi connectivity index (χ3n) is 5.54. The number of carbonyl (C=O) groups excluding carboxylic acids is 1. The van der Waals surface area contributed by atoms with Gasteiger partial charge < -0.3 is 9.47 Å². The molecule has 0 bridgehead atoms. The molecule has 0 aromatic heterocycles. The summed E-state index contributed by atoms with van der Waals surface area (Å²) in [5, 5.41) is 0. The third kappa shape index (κ3) is 6.23. The van der Waals surface area contributed by atoms with Crippen molar-refractivity contribution in [3.05, 3.63) is 138 Å². The van der Waals surface area contributed by atoms with Gasteiger partial charge in [0.05, 0.1) is 6.61 Å². The van der Waals surface area contributed by atoms with Gasteiger partial charge in [-0.25, -0.2) is 0 Å². The van der Waals surface area contributed by atoms with E-state index in [4.69, 9.17) is 9.47 Å². The molecular weight excluding hydrogens is 420 g/mol.